The highest BCUT2D eigenvalue weighted by atomic mass is 32.1. The van der Waals surface area contributed by atoms with E-state index in [1.165, 1.54) is 17.7 Å². The van der Waals surface area contributed by atoms with Crippen LogP contribution in [0.3, 0.4) is 0 Å². The molecule has 3 aromatic heterocycles. The molecule has 2 N–H and O–H groups in total. The number of hydrogen-bond acceptors (Lipinski definition) is 8. The third kappa shape index (κ3) is 4.95. The normalized spacial score (nSPS) is 12.1. The zero-order valence-electron chi connectivity index (χ0n) is 18.2. The number of fused-ring (bicyclic) bond motifs is 1. The van der Waals surface area contributed by atoms with Crippen molar-refractivity contribution in [2.24, 2.45) is 0 Å². The van der Waals surface area contributed by atoms with E-state index in [-0.39, 0.29) is 11.9 Å². The molecule has 0 aliphatic carbocycles. The van der Waals surface area contributed by atoms with E-state index in [0.29, 0.717) is 24.4 Å². The Morgan fingerprint density at radius 3 is 2.81 bits per heavy atom. The number of anilines is 1. The highest BCUT2D eigenvalue weighted by Crippen LogP contribution is 2.33. The van der Waals surface area contributed by atoms with Gasteiger partial charge in [-0.1, -0.05) is 30.3 Å². The van der Waals surface area contributed by atoms with Gasteiger partial charge >= 0.3 is 0 Å². The average molecular weight is 468 g/mol. The summed E-state index contributed by atoms with van der Waals surface area (Å²) >= 11 is 3.00. The number of nitrogens with one attached hydrogen (secondary N) is 2. The lowest BCUT2D eigenvalue weighted by atomic mass is 10.2. The Balaban J connectivity index is 1.42. The third-order valence-electron chi connectivity index (χ3n) is 4.98. The van der Waals surface area contributed by atoms with E-state index in [4.69, 9.17) is 4.74 Å². The first-order valence-corrected chi connectivity index (χ1v) is 12.0. The maximum atomic E-state index is 12.9. The first-order chi connectivity index (χ1) is 15.6. The van der Waals surface area contributed by atoms with E-state index in [1.807, 2.05) is 44.2 Å². The van der Waals surface area contributed by atoms with Crippen molar-refractivity contribution >= 4 is 44.6 Å². The molecule has 7 nitrogen and oxygen atoms in total. The molecule has 0 fully saturated rings. The lowest BCUT2D eigenvalue weighted by Crippen LogP contribution is -2.25. The Morgan fingerprint density at radius 2 is 2.03 bits per heavy atom. The summed E-state index contributed by atoms with van der Waals surface area (Å²) in [4.78, 5) is 27.8. The molecule has 0 spiro atoms. The van der Waals surface area contributed by atoms with Crippen molar-refractivity contribution in [1.29, 1.82) is 0 Å². The molecule has 4 rings (SSSR count). The van der Waals surface area contributed by atoms with Crippen molar-refractivity contribution in [3.05, 3.63) is 57.5 Å². The molecule has 0 saturated heterocycles. The Bertz CT molecular complexity index is 1210. The van der Waals surface area contributed by atoms with Crippen LogP contribution in [0.4, 0.5) is 5.82 Å². The number of hydrogen-bond donors (Lipinski definition) is 2. The number of rotatable bonds is 9. The number of aromatic nitrogens is 3. The fraction of sp³-hybridized carbons (Fsp3) is 0.304. The minimum Gasteiger partial charge on any atom is -0.383 e. The van der Waals surface area contributed by atoms with Crippen LogP contribution in [-0.2, 0) is 11.2 Å². The van der Waals surface area contributed by atoms with Gasteiger partial charge in [0.05, 0.1) is 27.6 Å². The Kier molecular flexibility index (Phi) is 7.09. The van der Waals surface area contributed by atoms with Crippen LogP contribution in [0, 0.1) is 6.92 Å². The maximum Gasteiger partial charge on any atom is 0.261 e. The second-order valence-corrected chi connectivity index (χ2v) is 9.40. The van der Waals surface area contributed by atoms with E-state index in [2.05, 4.69) is 31.0 Å². The van der Waals surface area contributed by atoms with Gasteiger partial charge in [-0.25, -0.2) is 15.0 Å². The molecule has 1 atom stereocenters. The molecular weight excluding hydrogens is 442 g/mol. The van der Waals surface area contributed by atoms with Gasteiger partial charge in [0.2, 0.25) is 0 Å². The van der Waals surface area contributed by atoms with Crippen molar-refractivity contribution in [2.45, 2.75) is 26.3 Å². The number of ether oxygens (including phenoxy) is 1. The Labute approximate surface area is 194 Å². The minimum absolute atomic E-state index is 0.0914. The smallest absolute Gasteiger partial charge is 0.261 e. The maximum absolute atomic E-state index is 12.9. The summed E-state index contributed by atoms with van der Waals surface area (Å²) in [5.74, 6) is 0.629. The molecular formula is C23H25N5O2S2. The summed E-state index contributed by atoms with van der Waals surface area (Å²) in [5.41, 5.74) is 2.96. The summed E-state index contributed by atoms with van der Waals surface area (Å²) in [6, 6.07) is 10.2. The van der Waals surface area contributed by atoms with Crippen LogP contribution in [0.15, 0.2) is 42.0 Å². The number of carbonyl (C=O) groups is 1. The topological polar surface area (TPSA) is 89.0 Å². The summed E-state index contributed by atoms with van der Waals surface area (Å²) in [6.45, 7) is 5.05. The molecule has 1 amide bonds. The SMILES string of the molecule is COC[C@H](C)Nc1ncnc2sc(C(=O)NCCc3nc(-c4ccccc4)cs3)c(C)c12. The molecule has 0 aliphatic heterocycles. The number of methoxy groups -OCH3 is 1. The van der Waals surface area contributed by atoms with Gasteiger partial charge in [0.1, 0.15) is 17.0 Å². The first-order valence-electron chi connectivity index (χ1n) is 10.3. The molecule has 0 bridgehead atoms. The summed E-state index contributed by atoms with van der Waals surface area (Å²) in [6.07, 6.45) is 2.21. The number of nitrogens with zero attached hydrogens (tertiary/aromatic N) is 3. The molecule has 0 unspecified atom stereocenters. The minimum atomic E-state index is -0.0961. The first kappa shape index (κ1) is 22.3. The van der Waals surface area contributed by atoms with E-state index in [0.717, 1.165) is 37.9 Å². The molecule has 1 aromatic carbocycles. The number of aryl methyl sites for hydroxylation is 1. The fourth-order valence-corrected chi connectivity index (χ4v) is 5.33. The lowest BCUT2D eigenvalue weighted by molar-refractivity contribution is 0.0957. The van der Waals surface area contributed by atoms with Crippen LogP contribution in [0.2, 0.25) is 0 Å². The third-order valence-corrected chi connectivity index (χ3v) is 7.09. The van der Waals surface area contributed by atoms with Gasteiger partial charge in [-0.3, -0.25) is 4.79 Å². The monoisotopic (exact) mass is 467 g/mol. The van der Waals surface area contributed by atoms with Gasteiger partial charge in [0.15, 0.2) is 0 Å². The quantitative estimate of drug-likeness (QED) is 0.376. The number of amides is 1. The van der Waals surface area contributed by atoms with Crippen LogP contribution in [0.1, 0.15) is 27.2 Å². The van der Waals surface area contributed by atoms with Crippen LogP contribution < -0.4 is 10.6 Å². The zero-order chi connectivity index (χ0) is 22.5. The molecule has 0 radical (unpaired) electrons. The predicted molar refractivity (Wildman–Crippen MR) is 131 cm³/mol. The average Bonchev–Trinajstić information content (AvgIpc) is 3.40. The van der Waals surface area contributed by atoms with Crippen molar-refractivity contribution in [1.82, 2.24) is 20.3 Å². The highest BCUT2D eigenvalue weighted by Gasteiger charge is 2.20. The van der Waals surface area contributed by atoms with Gasteiger partial charge in [-0.2, -0.15) is 0 Å². The number of carbonyl (C=O) groups excluding carboxylic acids is 1. The molecule has 9 heteroatoms. The molecule has 3 heterocycles. The van der Waals surface area contributed by atoms with Gasteiger partial charge in [-0.05, 0) is 19.4 Å². The van der Waals surface area contributed by atoms with Gasteiger partial charge in [0.25, 0.3) is 5.91 Å². The number of benzene rings is 1. The van der Waals surface area contributed by atoms with Crippen molar-refractivity contribution in [3.63, 3.8) is 0 Å². The highest BCUT2D eigenvalue weighted by molar-refractivity contribution is 7.20. The largest absolute Gasteiger partial charge is 0.383 e. The molecule has 32 heavy (non-hydrogen) atoms. The van der Waals surface area contributed by atoms with Crippen molar-refractivity contribution in [2.75, 3.05) is 25.6 Å². The number of thiophene rings is 1. The lowest BCUT2D eigenvalue weighted by Gasteiger charge is -2.14. The predicted octanol–water partition coefficient (Wildman–Crippen LogP) is 4.54. The molecule has 4 aromatic rings. The molecule has 0 saturated carbocycles. The molecule has 0 aliphatic rings. The standard InChI is InChI=1S/C23H25N5O2S2/c1-14(11-30-3)27-21-19-15(2)20(32-23(19)26-13-25-21)22(29)24-10-9-18-28-17(12-31-18)16-7-5-4-6-8-16/h4-8,12-14H,9-11H2,1-3H3,(H,24,29)(H,25,26,27)/t14-/m0/s1. The van der Waals surface area contributed by atoms with Gasteiger partial charge < -0.3 is 15.4 Å². The van der Waals surface area contributed by atoms with E-state index < -0.39 is 0 Å². The zero-order valence-corrected chi connectivity index (χ0v) is 19.8. The fourth-order valence-electron chi connectivity index (χ4n) is 3.45. The summed E-state index contributed by atoms with van der Waals surface area (Å²) in [5, 5.41) is 10.3. The van der Waals surface area contributed by atoms with Crippen molar-refractivity contribution in [3.8, 4) is 11.3 Å². The van der Waals surface area contributed by atoms with Crippen LogP contribution >= 0.6 is 22.7 Å². The van der Waals surface area contributed by atoms with E-state index in [1.54, 1.807) is 18.4 Å². The van der Waals surface area contributed by atoms with Crippen LogP contribution in [0.5, 0.6) is 0 Å². The van der Waals surface area contributed by atoms with E-state index in [9.17, 15) is 4.79 Å². The van der Waals surface area contributed by atoms with Crippen LogP contribution in [0.25, 0.3) is 21.5 Å². The second kappa shape index (κ2) is 10.2. The summed E-state index contributed by atoms with van der Waals surface area (Å²) < 4.78 is 5.20. The van der Waals surface area contributed by atoms with Crippen LogP contribution in [-0.4, -0.2) is 47.2 Å². The Hall–Kier alpha value is -2.88. The van der Waals surface area contributed by atoms with E-state index >= 15 is 0 Å². The molecule has 166 valence electrons. The second-order valence-electron chi connectivity index (χ2n) is 7.46. The summed E-state index contributed by atoms with van der Waals surface area (Å²) in [7, 11) is 1.67. The van der Waals surface area contributed by atoms with Gasteiger partial charge in [-0.15, -0.1) is 22.7 Å². The van der Waals surface area contributed by atoms with Gasteiger partial charge in [0, 0.05) is 37.1 Å². The van der Waals surface area contributed by atoms with Crippen molar-refractivity contribution < 1.29 is 9.53 Å². The number of thiazole rings is 1. The Morgan fingerprint density at radius 1 is 1.22 bits per heavy atom.